The van der Waals surface area contributed by atoms with Crippen molar-refractivity contribution in [3.05, 3.63) is 30.1 Å². The number of hydrogen-bond donors (Lipinski definition) is 4. The Morgan fingerprint density at radius 3 is 2.39 bits per heavy atom. The van der Waals surface area contributed by atoms with E-state index in [1.807, 2.05) is 0 Å². The molecule has 2 aliphatic rings. The number of pyridine rings is 1. The van der Waals surface area contributed by atoms with Crippen LogP contribution in [0.1, 0.15) is 74.6 Å². The topological polar surface area (TPSA) is 172 Å². The van der Waals surface area contributed by atoms with Crippen molar-refractivity contribution in [1.82, 2.24) is 20.5 Å². The zero-order valence-electron chi connectivity index (χ0n) is 20.4. The maximum Gasteiger partial charge on any atom is 0.303 e. The molecule has 2 fully saturated rings. The summed E-state index contributed by atoms with van der Waals surface area (Å²) in [4.78, 5) is 67.2. The number of hydrogen-bond acceptors (Lipinski definition) is 6. The second-order valence-corrected chi connectivity index (χ2v) is 9.63. The number of primary amides is 1. The van der Waals surface area contributed by atoms with Crippen LogP contribution < -0.4 is 16.4 Å². The molecule has 4 amide bonds. The normalized spacial score (nSPS) is 21.3. The minimum atomic E-state index is -1.11. The fraction of sp³-hybridized carbons (Fsp3) is 0.600. The lowest BCUT2D eigenvalue weighted by Crippen LogP contribution is -2.59. The first-order valence-corrected chi connectivity index (χ1v) is 12.6. The standard InChI is InChI=1S/C25H35N5O6/c26-23(34)19(14-16-4-2-1-3-5-16)29-25(36)20-15-18(28-24(35)17-8-11-27-12-9-17)10-13-30(20)21(31)6-7-22(32)33/h8-9,11-12,16,18-20H,1-7,10,13-15H2,(H2,26,34)(H,28,35)(H,29,36)(H,32,33). The van der Waals surface area contributed by atoms with Crippen LogP contribution in [0.15, 0.2) is 24.5 Å². The van der Waals surface area contributed by atoms with Crippen molar-refractivity contribution in [3.8, 4) is 0 Å². The summed E-state index contributed by atoms with van der Waals surface area (Å²) in [5.41, 5.74) is 6.03. The highest BCUT2D eigenvalue weighted by Gasteiger charge is 2.38. The predicted molar refractivity (Wildman–Crippen MR) is 129 cm³/mol. The molecule has 1 saturated heterocycles. The fourth-order valence-electron chi connectivity index (χ4n) is 5.04. The van der Waals surface area contributed by atoms with Crippen molar-refractivity contribution >= 4 is 29.6 Å². The number of aromatic nitrogens is 1. The first kappa shape index (κ1) is 27.1. The van der Waals surface area contributed by atoms with Crippen molar-refractivity contribution < 1.29 is 29.1 Å². The number of aliphatic carboxylic acids is 1. The van der Waals surface area contributed by atoms with Gasteiger partial charge in [-0.25, -0.2) is 0 Å². The van der Waals surface area contributed by atoms with Crippen LogP contribution in [0.4, 0.5) is 0 Å². The van der Waals surface area contributed by atoms with Gasteiger partial charge in [-0.05, 0) is 37.3 Å². The lowest BCUT2D eigenvalue weighted by molar-refractivity contribution is -0.146. The molecule has 2 heterocycles. The number of carboxylic acids is 1. The van der Waals surface area contributed by atoms with Crippen LogP contribution >= 0.6 is 0 Å². The summed E-state index contributed by atoms with van der Waals surface area (Å²) in [6.07, 6.45) is 8.68. The molecular formula is C25H35N5O6. The summed E-state index contributed by atoms with van der Waals surface area (Å²) >= 11 is 0. The number of carbonyl (C=O) groups is 5. The van der Waals surface area contributed by atoms with E-state index in [0.29, 0.717) is 24.3 Å². The Kier molecular flexibility index (Phi) is 9.77. The summed E-state index contributed by atoms with van der Waals surface area (Å²) in [6.45, 7) is 0.168. The van der Waals surface area contributed by atoms with Gasteiger partial charge in [0, 0.05) is 37.0 Å². The highest BCUT2D eigenvalue weighted by Crippen LogP contribution is 2.28. The first-order valence-electron chi connectivity index (χ1n) is 12.6. The number of nitrogens with zero attached hydrogens (tertiary/aromatic N) is 2. The average molecular weight is 502 g/mol. The van der Waals surface area contributed by atoms with Gasteiger partial charge in [-0.2, -0.15) is 0 Å². The Bertz CT molecular complexity index is 950. The Labute approximate surface area is 210 Å². The van der Waals surface area contributed by atoms with Gasteiger partial charge >= 0.3 is 5.97 Å². The second kappa shape index (κ2) is 13.0. The van der Waals surface area contributed by atoms with Gasteiger partial charge in [0.25, 0.3) is 5.91 Å². The van der Waals surface area contributed by atoms with Gasteiger partial charge in [0.15, 0.2) is 0 Å². The number of piperidine rings is 1. The zero-order valence-corrected chi connectivity index (χ0v) is 20.4. The lowest BCUT2D eigenvalue weighted by Gasteiger charge is -2.39. The molecule has 196 valence electrons. The number of carbonyl (C=O) groups excluding carboxylic acids is 4. The number of amides is 4. The van der Waals surface area contributed by atoms with Gasteiger partial charge in [0.2, 0.25) is 17.7 Å². The average Bonchev–Trinajstić information content (AvgIpc) is 2.87. The Morgan fingerprint density at radius 1 is 1.06 bits per heavy atom. The van der Waals surface area contributed by atoms with Crippen LogP contribution in [0.5, 0.6) is 0 Å². The van der Waals surface area contributed by atoms with Crippen LogP contribution in [-0.2, 0) is 19.2 Å². The van der Waals surface area contributed by atoms with Crippen LogP contribution in [-0.4, -0.2) is 69.3 Å². The van der Waals surface area contributed by atoms with Crippen molar-refractivity contribution in [2.75, 3.05) is 6.54 Å². The molecule has 0 radical (unpaired) electrons. The van der Waals surface area contributed by atoms with Crippen LogP contribution in [0.25, 0.3) is 0 Å². The van der Waals surface area contributed by atoms with E-state index in [-0.39, 0.29) is 31.7 Å². The summed E-state index contributed by atoms with van der Waals surface area (Å²) < 4.78 is 0. The third-order valence-corrected chi connectivity index (χ3v) is 7.01. The molecule has 1 saturated carbocycles. The Hall–Kier alpha value is -3.50. The molecule has 3 atom stereocenters. The number of carboxylic acid groups (broad SMARTS) is 1. The van der Waals surface area contributed by atoms with Crippen molar-refractivity contribution in [2.24, 2.45) is 11.7 Å². The van der Waals surface area contributed by atoms with E-state index in [2.05, 4.69) is 15.6 Å². The van der Waals surface area contributed by atoms with Crippen molar-refractivity contribution in [3.63, 3.8) is 0 Å². The molecule has 36 heavy (non-hydrogen) atoms. The Balaban J connectivity index is 1.71. The van der Waals surface area contributed by atoms with E-state index in [0.717, 1.165) is 32.1 Å². The monoisotopic (exact) mass is 501 g/mol. The Morgan fingerprint density at radius 2 is 1.75 bits per heavy atom. The van der Waals surface area contributed by atoms with Crippen LogP contribution in [0.2, 0.25) is 0 Å². The van der Waals surface area contributed by atoms with Gasteiger partial charge in [0.1, 0.15) is 12.1 Å². The third-order valence-electron chi connectivity index (χ3n) is 7.01. The van der Waals surface area contributed by atoms with Crippen LogP contribution in [0, 0.1) is 5.92 Å². The summed E-state index contributed by atoms with van der Waals surface area (Å²) in [5, 5.41) is 14.6. The van der Waals surface area contributed by atoms with E-state index in [1.54, 1.807) is 12.1 Å². The highest BCUT2D eigenvalue weighted by atomic mass is 16.4. The molecule has 1 aliphatic heterocycles. The summed E-state index contributed by atoms with van der Waals surface area (Å²) in [7, 11) is 0. The molecule has 1 aromatic heterocycles. The minimum absolute atomic E-state index is 0.135. The van der Waals surface area contributed by atoms with E-state index in [9.17, 15) is 24.0 Å². The molecule has 5 N–H and O–H groups in total. The highest BCUT2D eigenvalue weighted by molar-refractivity contribution is 5.95. The summed E-state index contributed by atoms with van der Waals surface area (Å²) in [6, 6.07) is 0.939. The van der Waals surface area contributed by atoms with Gasteiger partial charge in [-0.3, -0.25) is 29.0 Å². The van der Waals surface area contributed by atoms with Gasteiger partial charge in [-0.15, -0.1) is 0 Å². The van der Waals surface area contributed by atoms with Gasteiger partial charge < -0.3 is 26.4 Å². The van der Waals surface area contributed by atoms with E-state index >= 15 is 0 Å². The van der Waals surface area contributed by atoms with Crippen molar-refractivity contribution in [1.29, 1.82) is 0 Å². The fourth-order valence-corrected chi connectivity index (χ4v) is 5.04. The van der Waals surface area contributed by atoms with E-state index in [4.69, 9.17) is 10.8 Å². The SMILES string of the molecule is NC(=O)C(CC1CCCCC1)NC(=O)C1CC(NC(=O)c2ccncc2)CCN1C(=O)CCC(=O)O. The van der Waals surface area contributed by atoms with E-state index in [1.165, 1.54) is 17.3 Å². The predicted octanol–water partition coefficient (Wildman–Crippen LogP) is 0.976. The van der Waals surface area contributed by atoms with Crippen molar-refractivity contribution in [2.45, 2.75) is 82.3 Å². The maximum absolute atomic E-state index is 13.4. The molecule has 3 rings (SSSR count). The number of nitrogens with two attached hydrogens (primary N) is 1. The number of likely N-dealkylation sites (tertiary alicyclic amines) is 1. The molecule has 11 nitrogen and oxygen atoms in total. The zero-order chi connectivity index (χ0) is 26.1. The molecular weight excluding hydrogens is 466 g/mol. The third kappa shape index (κ3) is 7.76. The second-order valence-electron chi connectivity index (χ2n) is 9.63. The first-order chi connectivity index (χ1) is 17.2. The van der Waals surface area contributed by atoms with Gasteiger partial charge in [0.05, 0.1) is 6.42 Å². The molecule has 0 aromatic carbocycles. The van der Waals surface area contributed by atoms with Gasteiger partial charge in [-0.1, -0.05) is 32.1 Å². The smallest absolute Gasteiger partial charge is 0.303 e. The molecule has 11 heteroatoms. The lowest BCUT2D eigenvalue weighted by atomic mass is 9.84. The van der Waals surface area contributed by atoms with E-state index < -0.39 is 41.8 Å². The number of nitrogens with one attached hydrogen (secondary N) is 2. The van der Waals surface area contributed by atoms with Crippen LogP contribution in [0.3, 0.4) is 0 Å². The minimum Gasteiger partial charge on any atom is -0.481 e. The molecule has 0 spiro atoms. The molecule has 1 aromatic rings. The quantitative estimate of drug-likeness (QED) is 0.370. The molecule has 1 aliphatic carbocycles. The molecule has 0 bridgehead atoms. The number of rotatable bonds is 10. The molecule has 3 unspecified atom stereocenters. The maximum atomic E-state index is 13.4. The largest absolute Gasteiger partial charge is 0.481 e. The summed E-state index contributed by atoms with van der Waals surface area (Å²) in [5.74, 6) is -2.75.